The van der Waals surface area contributed by atoms with Gasteiger partial charge in [-0.25, -0.2) is 12.7 Å². The highest BCUT2D eigenvalue weighted by atomic mass is 32.2. The zero-order valence-electron chi connectivity index (χ0n) is 14.3. The van der Waals surface area contributed by atoms with Gasteiger partial charge in [0.15, 0.2) is 0 Å². The van der Waals surface area contributed by atoms with Crippen molar-refractivity contribution < 1.29 is 13.2 Å². The zero-order valence-corrected chi connectivity index (χ0v) is 15.1. The highest BCUT2D eigenvalue weighted by Crippen LogP contribution is 2.29. The van der Waals surface area contributed by atoms with Crippen LogP contribution in [0.2, 0.25) is 0 Å². The lowest BCUT2D eigenvalue weighted by Crippen LogP contribution is -2.41. The monoisotopic (exact) mass is 338 g/mol. The van der Waals surface area contributed by atoms with Crippen molar-refractivity contribution in [3.05, 3.63) is 29.3 Å². The molecule has 0 spiro atoms. The van der Waals surface area contributed by atoms with E-state index in [0.717, 1.165) is 16.8 Å². The normalized spacial score (nSPS) is 17.4. The number of aryl methyl sites for hydroxylation is 1. The Kier molecular flexibility index (Phi) is 5.47. The predicted octanol–water partition coefficient (Wildman–Crippen LogP) is 2.73. The molecule has 1 aromatic rings. The van der Waals surface area contributed by atoms with Gasteiger partial charge in [0.25, 0.3) is 0 Å². The van der Waals surface area contributed by atoms with Gasteiger partial charge in [-0.05, 0) is 36.8 Å². The van der Waals surface area contributed by atoms with Gasteiger partial charge in [-0.15, -0.1) is 0 Å². The number of para-hydroxylation sites is 1. The number of sulfonamides is 1. The van der Waals surface area contributed by atoms with E-state index in [9.17, 15) is 13.2 Å². The van der Waals surface area contributed by atoms with Gasteiger partial charge >= 0.3 is 0 Å². The number of nitrogens with one attached hydrogen (secondary N) is 1. The molecule has 0 unspecified atom stereocenters. The molecule has 6 heteroatoms. The van der Waals surface area contributed by atoms with Crippen LogP contribution >= 0.6 is 0 Å². The van der Waals surface area contributed by atoms with Crippen molar-refractivity contribution in [1.29, 1.82) is 0 Å². The standard InChI is InChI=1S/C17H26N2O3S/c1-12(2)15-7-5-6-13(3)16(15)18-17(20)14-8-10-19(11-9-14)23(4,21)22/h5-7,12,14H,8-11H2,1-4H3,(H,18,20). The number of carbonyl (C=O) groups excluding carboxylic acids is 1. The maximum absolute atomic E-state index is 12.6. The summed E-state index contributed by atoms with van der Waals surface area (Å²) < 4.78 is 24.5. The van der Waals surface area contributed by atoms with Gasteiger partial charge in [-0.2, -0.15) is 0 Å². The van der Waals surface area contributed by atoms with E-state index in [0.29, 0.717) is 31.8 Å². The summed E-state index contributed by atoms with van der Waals surface area (Å²) in [6.07, 6.45) is 2.36. The molecule has 0 saturated carbocycles. The minimum atomic E-state index is -3.16. The Morgan fingerprint density at radius 2 is 1.87 bits per heavy atom. The fraction of sp³-hybridized carbons (Fsp3) is 0.588. The third kappa shape index (κ3) is 4.32. The smallest absolute Gasteiger partial charge is 0.227 e. The van der Waals surface area contributed by atoms with Crippen LogP contribution in [0.3, 0.4) is 0 Å². The summed E-state index contributed by atoms with van der Waals surface area (Å²) in [5, 5.41) is 3.08. The van der Waals surface area contributed by atoms with E-state index in [-0.39, 0.29) is 11.8 Å². The minimum Gasteiger partial charge on any atom is -0.325 e. The number of nitrogens with zero attached hydrogens (tertiary/aromatic N) is 1. The molecule has 1 aromatic carbocycles. The molecule has 0 atom stereocenters. The number of piperidine rings is 1. The number of anilines is 1. The maximum Gasteiger partial charge on any atom is 0.227 e. The third-order valence-corrected chi connectivity index (χ3v) is 5.77. The molecule has 128 valence electrons. The molecule has 1 aliphatic heterocycles. The first-order valence-electron chi connectivity index (χ1n) is 8.05. The molecule has 5 nitrogen and oxygen atoms in total. The van der Waals surface area contributed by atoms with E-state index >= 15 is 0 Å². The number of rotatable bonds is 4. The number of amides is 1. The summed E-state index contributed by atoms with van der Waals surface area (Å²) in [4.78, 5) is 12.6. The zero-order chi connectivity index (χ0) is 17.2. The van der Waals surface area contributed by atoms with Crippen molar-refractivity contribution >= 4 is 21.6 Å². The lowest BCUT2D eigenvalue weighted by atomic mass is 9.95. The molecule has 0 radical (unpaired) electrons. The fourth-order valence-electron chi connectivity index (χ4n) is 3.02. The van der Waals surface area contributed by atoms with Gasteiger partial charge in [-0.3, -0.25) is 4.79 Å². The Balaban J connectivity index is 2.07. The first kappa shape index (κ1) is 17.9. The highest BCUT2D eigenvalue weighted by molar-refractivity contribution is 7.88. The topological polar surface area (TPSA) is 66.5 Å². The molecular formula is C17H26N2O3S. The molecule has 0 aromatic heterocycles. The molecule has 23 heavy (non-hydrogen) atoms. The second-order valence-electron chi connectivity index (χ2n) is 6.62. The number of hydrogen-bond acceptors (Lipinski definition) is 3. The Labute approximate surface area is 139 Å². The molecule has 0 aliphatic carbocycles. The Hall–Kier alpha value is -1.40. The van der Waals surface area contributed by atoms with Crippen LogP contribution in [0.4, 0.5) is 5.69 Å². The van der Waals surface area contributed by atoms with Gasteiger partial charge in [0.05, 0.1) is 6.26 Å². The summed E-state index contributed by atoms with van der Waals surface area (Å²) in [7, 11) is -3.16. The second kappa shape index (κ2) is 7.01. The molecule has 1 fully saturated rings. The van der Waals surface area contributed by atoms with Gasteiger partial charge < -0.3 is 5.32 Å². The van der Waals surface area contributed by atoms with E-state index in [4.69, 9.17) is 0 Å². The van der Waals surface area contributed by atoms with E-state index < -0.39 is 10.0 Å². The average Bonchev–Trinajstić information content (AvgIpc) is 2.48. The molecular weight excluding hydrogens is 312 g/mol. The molecule has 0 bridgehead atoms. The molecule has 1 amide bonds. The van der Waals surface area contributed by atoms with E-state index in [1.165, 1.54) is 10.6 Å². The lowest BCUT2D eigenvalue weighted by Gasteiger charge is -2.30. The maximum atomic E-state index is 12.6. The predicted molar refractivity (Wildman–Crippen MR) is 93.0 cm³/mol. The van der Waals surface area contributed by atoms with Gasteiger partial charge in [0.1, 0.15) is 0 Å². The van der Waals surface area contributed by atoms with Crippen molar-refractivity contribution in [2.45, 2.75) is 39.5 Å². The van der Waals surface area contributed by atoms with Crippen molar-refractivity contribution in [3.63, 3.8) is 0 Å². The van der Waals surface area contributed by atoms with Crippen LogP contribution in [-0.4, -0.2) is 38.0 Å². The Bertz CT molecular complexity index is 675. The summed E-state index contributed by atoms with van der Waals surface area (Å²) in [6.45, 7) is 7.04. The first-order chi connectivity index (χ1) is 10.7. The summed E-state index contributed by atoms with van der Waals surface area (Å²) >= 11 is 0. The second-order valence-corrected chi connectivity index (χ2v) is 8.60. The molecule has 1 N–H and O–H groups in total. The van der Waals surface area contributed by atoms with Gasteiger partial charge in [0.2, 0.25) is 15.9 Å². The lowest BCUT2D eigenvalue weighted by molar-refractivity contribution is -0.120. The van der Waals surface area contributed by atoms with Crippen molar-refractivity contribution in [1.82, 2.24) is 4.31 Å². The van der Waals surface area contributed by atoms with E-state index in [1.807, 2.05) is 25.1 Å². The highest BCUT2D eigenvalue weighted by Gasteiger charge is 2.29. The largest absolute Gasteiger partial charge is 0.325 e. The number of hydrogen-bond donors (Lipinski definition) is 1. The summed E-state index contributed by atoms with van der Waals surface area (Å²) in [5.41, 5.74) is 3.09. The van der Waals surface area contributed by atoms with E-state index in [1.54, 1.807) is 0 Å². The Morgan fingerprint density at radius 3 is 2.39 bits per heavy atom. The van der Waals surface area contributed by atoms with E-state index in [2.05, 4.69) is 19.2 Å². The van der Waals surface area contributed by atoms with Crippen molar-refractivity contribution in [3.8, 4) is 0 Å². The van der Waals surface area contributed by atoms with Crippen LogP contribution in [0.25, 0.3) is 0 Å². The number of benzene rings is 1. The molecule has 1 aliphatic rings. The van der Waals surface area contributed by atoms with Crippen LogP contribution in [0, 0.1) is 12.8 Å². The summed E-state index contributed by atoms with van der Waals surface area (Å²) in [5.74, 6) is 0.194. The molecule has 1 heterocycles. The van der Waals surface area contributed by atoms with Gasteiger partial charge in [-0.1, -0.05) is 32.0 Å². The summed E-state index contributed by atoms with van der Waals surface area (Å²) in [6, 6.07) is 6.04. The molecule has 2 rings (SSSR count). The average molecular weight is 338 g/mol. The van der Waals surface area contributed by atoms with Crippen LogP contribution in [0.1, 0.15) is 43.7 Å². The van der Waals surface area contributed by atoms with Gasteiger partial charge in [0, 0.05) is 24.7 Å². The Morgan fingerprint density at radius 1 is 1.26 bits per heavy atom. The van der Waals surface area contributed by atoms with Crippen molar-refractivity contribution in [2.24, 2.45) is 5.92 Å². The minimum absolute atomic E-state index is 0.00523. The van der Waals surface area contributed by atoms with Crippen LogP contribution in [0.5, 0.6) is 0 Å². The van der Waals surface area contributed by atoms with Crippen LogP contribution < -0.4 is 5.32 Å². The third-order valence-electron chi connectivity index (χ3n) is 4.47. The van der Waals surface area contributed by atoms with Crippen molar-refractivity contribution in [2.75, 3.05) is 24.7 Å². The van der Waals surface area contributed by atoms with Crippen LogP contribution in [0.15, 0.2) is 18.2 Å². The SMILES string of the molecule is Cc1cccc(C(C)C)c1NC(=O)C1CCN(S(C)(=O)=O)CC1. The first-order valence-corrected chi connectivity index (χ1v) is 9.90. The van der Waals surface area contributed by atoms with Crippen LogP contribution in [-0.2, 0) is 14.8 Å². The molecule has 1 saturated heterocycles. The fourth-order valence-corrected chi connectivity index (χ4v) is 3.89. The number of carbonyl (C=O) groups is 1. The quantitative estimate of drug-likeness (QED) is 0.918.